The summed E-state index contributed by atoms with van der Waals surface area (Å²) in [7, 11) is 0. The van der Waals surface area contributed by atoms with E-state index in [0.29, 0.717) is 5.56 Å². The molecule has 29 heavy (non-hydrogen) atoms. The van der Waals surface area contributed by atoms with Gasteiger partial charge in [0.25, 0.3) is 11.5 Å². The molecular formula is C21H26N6O2. The van der Waals surface area contributed by atoms with Crippen molar-refractivity contribution in [2.24, 2.45) is 5.73 Å². The number of aromatic amines is 1. The molecule has 0 aliphatic carbocycles. The molecule has 3 fully saturated rings. The quantitative estimate of drug-likeness (QED) is 0.576. The largest absolute Gasteiger partial charge is 0.372 e. The molecule has 8 heteroatoms. The highest BCUT2D eigenvalue weighted by Gasteiger charge is 2.59. The number of pyridine rings is 1. The summed E-state index contributed by atoms with van der Waals surface area (Å²) in [6.45, 7) is 3.73. The smallest absolute Gasteiger partial charge is 0.271 e. The molecule has 4 heterocycles. The van der Waals surface area contributed by atoms with Gasteiger partial charge in [0.05, 0.1) is 6.17 Å². The lowest BCUT2D eigenvalue weighted by Crippen LogP contribution is -2.42. The number of benzene rings is 1. The molecule has 5 rings (SSSR count). The Morgan fingerprint density at radius 1 is 1.17 bits per heavy atom. The van der Waals surface area contributed by atoms with Crippen LogP contribution in [0.5, 0.6) is 0 Å². The van der Waals surface area contributed by atoms with Crippen molar-refractivity contribution in [2.75, 3.05) is 36.4 Å². The van der Waals surface area contributed by atoms with Gasteiger partial charge < -0.3 is 20.9 Å². The van der Waals surface area contributed by atoms with Gasteiger partial charge in [0.15, 0.2) is 0 Å². The van der Waals surface area contributed by atoms with Gasteiger partial charge in [0, 0.05) is 49.2 Å². The van der Waals surface area contributed by atoms with Crippen LogP contribution < -0.4 is 26.8 Å². The SMILES string of the molecule is NC1CN2CC2(c2c[nH]c(=O)c(NC(=O)c3ccc(N4CCCCC4)cc3)c2)N1. The Labute approximate surface area is 169 Å². The van der Waals surface area contributed by atoms with E-state index >= 15 is 0 Å². The molecular weight excluding hydrogens is 368 g/mol. The highest BCUT2D eigenvalue weighted by atomic mass is 16.2. The number of nitrogens with one attached hydrogen (secondary N) is 3. The van der Waals surface area contributed by atoms with Gasteiger partial charge in [0.2, 0.25) is 0 Å². The molecule has 1 aromatic carbocycles. The lowest BCUT2D eigenvalue weighted by molar-refractivity contribution is 0.102. The number of hydrogen-bond acceptors (Lipinski definition) is 6. The topological polar surface area (TPSA) is 106 Å². The Hall–Kier alpha value is -2.68. The zero-order valence-electron chi connectivity index (χ0n) is 16.3. The average molecular weight is 394 g/mol. The Bertz CT molecular complexity index is 981. The highest BCUT2D eigenvalue weighted by Crippen LogP contribution is 2.43. The summed E-state index contributed by atoms with van der Waals surface area (Å²) in [5.74, 6) is -0.293. The molecule has 0 radical (unpaired) electrons. The summed E-state index contributed by atoms with van der Waals surface area (Å²) < 4.78 is 0. The van der Waals surface area contributed by atoms with Gasteiger partial charge in [-0.25, -0.2) is 0 Å². The minimum Gasteiger partial charge on any atom is -0.372 e. The number of rotatable bonds is 4. The second-order valence-corrected chi connectivity index (χ2v) is 8.17. The van der Waals surface area contributed by atoms with Gasteiger partial charge in [-0.2, -0.15) is 0 Å². The number of carbonyl (C=O) groups is 1. The fraction of sp³-hybridized carbons (Fsp3) is 0.429. The molecule has 1 aromatic heterocycles. The molecule has 3 aliphatic heterocycles. The van der Waals surface area contributed by atoms with E-state index in [1.54, 1.807) is 12.3 Å². The van der Waals surface area contributed by atoms with Gasteiger partial charge in [-0.15, -0.1) is 0 Å². The van der Waals surface area contributed by atoms with Gasteiger partial charge >= 0.3 is 0 Å². The van der Waals surface area contributed by atoms with E-state index in [9.17, 15) is 9.59 Å². The van der Waals surface area contributed by atoms with E-state index in [4.69, 9.17) is 5.73 Å². The van der Waals surface area contributed by atoms with Crippen molar-refractivity contribution in [3.63, 3.8) is 0 Å². The number of aromatic nitrogens is 1. The van der Waals surface area contributed by atoms with Crippen molar-refractivity contribution in [2.45, 2.75) is 31.1 Å². The number of nitrogens with zero attached hydrogens (tertiary/aromatic N) is 2. The molecule has 3 unspecified atom stereocenters. The monoisotopic (exact) mass is 394 g/mol. The molecule has 5 N–H and O–H groups in total. The maximum absolute atomic E-state index is 12.7. The van der Waals surface area contributed by atoms with E-state index in [1.165, 1.54) is 19.3 Å². The summed E-state index contributed by atoms with van der Waals surface area (Å²) in [5, 5.41) is 6.12. The lowest BCUT2D eigenvalue weighted by Gasteiger charge is -2.28. The molecule has 2 aromatic rings. The number of anilines is 2. The van der Waals surface area contributed by atoms with Crippen LogP contribution in [-0.2, 0) is 5.66 Å². The summed E-state index contributed by atoms with van der Waals surface area (Å²) in [4.78, 5) is 32.3. The number of piperidine rings is 1. The third-order valence-electron chi connectivity index (χ3n) is 6.18. The van der Waals surface area contributed by atoms with Crippen molar-refractivity contribution in [1.29, 1.82) is 0 Å². The summed E-state index contributed by atoms with van der Waals surface area (Å²) >= 11 is 0. The first-order chi connectivity index (χ1) is 14.0. The van der Waals surface area contributed by atoms with Crippen LogP contribution in [0.25, 0.3) is 0 Å². The fourth-order valence-corrected chi connectivity index (χ4v) is 4.53. The third kappa shape index (κ3) is 3.33. The minimum absolute atomic E-state index is 0.0906. The zero-order chi connectivity index (χ0) is 20.0. The average Bonchev–Trinajstić information content (AvgIpc) is 3.32. The molecule has 1 amide bonds. The van der Waals surface area contributed by atoms with Crippen LogP contribution in [-0.4, -0.2) is 48.1 Å². The molecule has 152 valence electrons. The Kier molecular flexibility index (Phi) is 4.42. The zero-order valence-corrected chi connectivity index (χ0v) is 16.3. The van der Waals surface area contributed by atoms with E-state index in [-0.39, 0.29) is 29.0 Å². The summed E-state index contributed by atoms with van der Waals surface area (Å²) in [5.41, 5.74) is 8.15. The predicted molar refractivity (Wildman–Crippen MR) is 112 cm³/mol. The summed E-state index contributed by atoms with van der Waals surface area (Å²) in [6.07, 6.45) is 5.30. The van der Waals surface area contributed by atoms with Crippen LogP contribution in [0.3, 0.4) is 0 Å². The van der Waals surface area contributed by atoms with E-state index in [1.807, 2.05) is 24.3 Å². The third-order valence-corrected chi connectivity index (χ3v) is 6.18. The van der Waals surface area contributed by atoms with Crippen molar-refractivity contribution < 1.29 is 4.79 Å². The molecule has 3 atom stereocenters. The highest BCUT2D eigenvalue weighted by molar-refractivity contribution is 6.04. The van der Waals surface area contributed by atoms with Crippen molar-refractivity contribution >= 4 is 17.3 Å². The van der Waals surface area contributed by atoms with Crippen LogP contribution >= 0.6 is 0 Å². The van der Waals surface area contributed by atoms with E-state index < -0.39 is 0 Å². The molecule has 0 bridgehead atoms. The second kappa shape index (κ2) is 6.98. The Morgan fingerprint density at radius 2 is 1.93 bits per heavy atom. The second-order valence-electron chi connectivity index (χ2n) is 8.17. The van der Waals surface area contributed by atoms with Crippen molar-refractivity contribution in [3.05, 3.63) is 58.0 Å². The lowest BCUT2D eigenvalue weighted by atomic mass is 10.1. The first kappa shape index (κ1) is 18.4. The number of amides is 1. The van der Waals surface area contributed by atoms with Crippen molar-refractivity contribution in [3.8, 4) is 0 Å². The van der Waals surface area contributed by atoms with Gasteiger partial charge in [-0.1, -0.05) is 0 Å². The van der Waals surface area contributed by atoms with Crippen LogP contribution in [0.15, 0.2) is 41.3 Å². The van der Waals surface area contributed by atoms with E-state index in [0.717, 1.165) is 37.4 Å². The predicted octanol–water partition coefficient (Wildman–Crippen LogP) is 0.974. The standard InChI is InChI=1S/C21H26N6O2/c22-18-12-27-13-21(27,25-18)15-10-17(20(29)23-11-15)24-19(28)14-4-6-16(7-5-14)26-8-2-1-3-9-26/h4-7,10-11,18,25H,1-3,8-9,12-13,22H2,(H,23,29)(H,24,28). The van der Waals surface area contributed by atoms with Gasteiger partial charge in [-0.05, 0) is 49.6 Å². The van der Waals surface area contributed by atoms with Crippen molar-refractivity contribution in [1.82, 2.24) is 15.2 Å². The van der Waals surface area contributed by atoms with Crippen LogP contribution in [0.1, 0.15) is 35.2 Å². The number of piperazine rings is 1. The number of nitrogens with two attached hydrogens (primary N) is 1. The Morgan fingerprint density at radius 3 is 2.62 bits per heavy atom. The number of H-pyrrole nitrogens is 1. The maximum atomic E-state index is 12.7. The maximum Gasteiger partial charge on any atom is 0.271 e. The minimum atomic E-state index is -0.321. The van der Waals surface area contributed by atoms with Crippen LogP contribution in [0.2, 0.25) is 0 Å². The summed E-state index contributed by atoms with van der Waals surface area (Å²) in [6, 6.07) is 9.33. The molecule has 0 spiro atoms. The number of carbonyl (C=O) groups excluding carboxylic acids is 1. The normalized spacial score (nSPS) is 28.1. The molecule has 3 aliphatic rings. The number of hydrogen-bond donors (Lipinski definition) is 4. The fourth-order valence-electron chi connectivity index (χ4n) is 4.53. The molecule has 0 saturated carbocycles. The molecule has 3 saturated heterocycles. The Balaban J connectivity index is 1.32. The van der Waals surface area contributed by atoms with Crippen LogP contribution in [0.4, 0.5) is 11.4 Å². The van der Waals surface area contributed by atoms with Gasteiger partial charge in [0.1, 0.15) is 11.4 Å². The molecule has 8 nitrogen and oxygen atoms in total. The first-order valence-electron chi connectivity index (χ1n) is 10.2. The first-order valence-corrected chi connectivity index (χ1v) is 10.2. The van der Waals surface area contributed by atoms with E-state index in [2.05, 4.69) is 25.4 Å². The number of fused-ring (bicyclic) bond motifs is 1. The van der Waals surface area contributed by atoms with Gasteiger partial charge in [-0.3, -0.25) is 19.8 Å². The van der Waals surface area contributed by atoms with Crippen LogP contribution in [0, 0.1) is 0 Å².